The number of hydrogen-bond donors (Lipinski definition) is 1. The molecule has 0 heterocycles. The zero-order valence-electron chi connectivity index (χ0n) is 13.7. The van der Waals surface area contributed by atoms with E-state index in [0.29, 0.717) is 5.17 Å². The molecule has 1 N–H and O–H groups in total. The van der Waals surface area contributed by atoms with Crippen molar-refractivity contribution in [3.05, 3.63) is 71.8 Å². The van der Waals surface area contributed by atoms with Gasteiger partial charge in [-0.1, -0.05) is 72.4 Å². The third-order valence-corrected chi connectivity index (χ3v) is 5.27. The third kappa shape index (κ3) is 6.13. The van der Waals surface area contributed by atoms with Crippen molar-refractivity contribution in [2.45, 2.75) is 13.2 Å². The Morgan fingerprint density at radius 3 is 1.83 bits per heavy atom. The van der Waals surface area contributed by atoms with E-state index in [1.807, 2.05) is 66.9 Å². The SMILES string of the molecule is CNC(=NP(=O)(OCc1ccccc1)OCc1ccccc1)SC. The summed E-state index contributed by atoms with van der Waals surface area (Å²) in [5.41, 5.74) is 1.82. The van der Waals surface area contributed by atoms with Crippen LogP contribution in [0, 0.1) is 0 Å². The molecule has 0 radical (unpaired) electrons. The van der Waals surface area contributed by atoms with Gasteiger partial charge in [0.25, 0.3) is 0 Å². The molecule has 0 aromatic heterocycles. The Morgan fingerprint density at radius 1 is 1.00 bits per heavy atom. The van der Waals surface area contributed by atoms with Crippen molar-refractivity contribution in [3.63, 3.8) is 0 Å². The van der Waals surface area contributed by atoms with Crippen LogP contribution in [0.1, 0.15) is 11.1 Å². The maximum absolute atomic E-state index is 13.0. The van der Waals surface area contributed by atoms with E-state index < -0.39 is 7.75 Å². The first-order valence-corrected chi connectivity index (χ1v) is 10.2. The van der Waals surface area contributed by atoms with E-state index in [0.717, 1.165) is 11.1 Å². The largest absolute Gasteiger partial charge is 0.456 e. The fourth-order valence-electron chi connectivity index (χ4n) is 1.86. The molecule has 0 atom stereocenters. The Balaban J connectivity index is 2.11. The van der Waals surface area contributed by atoms with Crippen LogP contribution in [0.3, 0.4) is 0 Å². The van der Waals surface area contributed by atoms with Crippen molar-refractivity contribution < 1.29 is 13.6 Å². The van der Waals surface area contributed by atoms with E-state index in [9.17, 15) is 4.57 Å². The van der Waals surface area contributed by atoms with Crippen LogP contribution in [0.15, 0.2) is 65.4 Å². The number of hydrogen-bond acceptors (Lipinski definition) is 4. The van der Waals surface area contributed by atoms with Crippen molar-refractivity contribution in [1.29, 1.82) is 0 Å². The van der Waals surface area contributed by atoms with Crippen LogP contribution in [-0.2, 0) is 26.8 Å². The lowest BCUT2D eigenvalue weighted by Crippen LogP contribution is -2.14. The molecular formula is C17H21N2O3PS. The van der Waals surface area contributed by atoms with E-state index in [4.69, 9.17) is 9.05 Å². The zero-order valence-corrected chi connectivity index (χ0v) is 15.4. The summed E-state index contributed by atoms with van der Waals surface area (Å²) in [4.78, 5) is 0. The predicted molar refractivity (Wildman–Crippen MR) is 100 cm³/mol. The van der Waals surface area contributed by atoms with E-state index in [1.54, 1.807) is 7.05 Å². The summed E-state index contributed by atoms with van der Waals surface area (Å²) in [6.07, 6.45) is 1.84. The molecule has 0 aliphatic heterocycles. The molecule has 0 bridgehead atoms. The number of rotatable bonds is 7. The smallest absolute Gasteiger partial charge is 0.368 e. The summed E-state index contributed by atoms with van der Waals surface area (Å²) in [7, 11) is -1.92. The molecule has 0 saturated carbocycles. The molecule has 0 spiro atoms. The second-order valence-corrected chi connectivity index (χ2v) is 7.29. The highest BCUT2D eigenvalue weighted by molar-refractivity contribution is 8.13. The molecule has 5 nitrogen and oxygen atoms in total. The Labute approximate surface area is 147 Å². The predicted octanol–water partition coefficient (Wildman–Crippen LogP) is 4.47. The third-order valence-electron chi connectivity index (χ3n) is 3.09. The summed E-state index contributed by atoms with van der Waals surface area (Å²) >= 11 is 1.35. The van der Waals surface area contributed by atoms with Crippen LogP contribution in [0.25, 0.3) is 0 Å². The van der Waals surface area contributed by atoms with Crippen LogP contribution >= 0.6 is 19.5 Å². The van der Waals surface area contributed by atoms with Gasteiger partial charge in [-0.15, -0.1) is 0 Å². The highest BCUT2D eigenvalue weighted by atomic mass is 32.2. The molecule has 0 saturated heterocycles. The quantitative estimate of drug-likeness (QED) is 0.446. The van der Waals surface area contributed by atoms with E-state index in [1.165, 1.54) is 11.8 Å². The average Bonchev–Trinajstić information content (AvgIpc) is 2.65. The van der Waals surface area contributed by atoms with Crippen LogP contribution in [0.2, 0.25) is 0 Å². The first-order valence-electron chi connectivity index (χ1n) is 7.44. The van der Waals surface area contributed by atoms with Gasteiger partial charge in [-0.05, 0) is 17.4 Å². The molecule has 0 unspecified atom stereocenters. The zero-order chi connectivity index (χ0) is 17.3. The Hall–Kier alpha value is -1.59. The molecule has 0 fully saturated rings. The molecule has 0 amide bonds. The molecule has 128 valence electrons. The number of thioether (sulfide) groups is 1. The fraction of sp³-hybridized carbons (Fsp3) is 0.235. The van der Waals surface area contributed by atoms with E-state index >= 15 is 0 Å². The van der Waals surface area contributed by atoms with E-state index in [2.05, 4.69) is 10.1 Å². The van der Waals surface area contributed by atoms with Gasteiger partial charge in [0.1, 0.15) is 0 Å². The molecule has 0 aliphatic rings. The minimum atomic E-state index is -3.63. The minimum absolute atomic E-state index is 0.168. The fourth-order valence-corrected chi connectivity index (χ4v) is 3.83. The number of amidine groups is 1. The molecule has 7 heteroatoms. The van der Waals surface area contributed by atoms with Gasteiger partial charge in [-0.25, -0.2) is 4.57 Å². The molecule has 0 aliphatic carbocycles. The minimum Gasteiger partial charge on any atom is -0.368 e. The van der Waals surface area contributed by atoms with Gasteiger partial charge >= 0.3 is 7.75 Å². The van der Waals surface area contributed by atoms with Crippen molar-refractivity contribution in [2.24, 2.45) is 4.76 Å². The van der Waals surface area contributed by atoms with Crippen LogP contribution in [0.4, 0.5) is 0 Å². The summed E-state index contributed by atoms with van der Waals surface area (Å²) in [5.74, 6) is 0. The van der Waals surface area contributed by atoms with Crippen LogP contribution in [-0.4, -0.2) is 18.5 Å². The Bertz CT molecular complexity index is 642. The number of nitrogens with zero attached hydrogens (tertiary/aromatic N) is 1. The topological polar surface area (TPSA) is 59.9 Å². The molecule has 2 aromatic carbocycles. The summed E-state index contributed by atoms with van der Waals surface area (Å²) in [6, 6.07) is 19.0. The van der Waals surface area contributed by atoms with Crippen molar-refractivity contribution in [1.82, 2.24) is 5.32 Å². The lowest BCUT2D eigenvalue weighted by molar-refractivity contribution is 0.192. The molecule has 2 aromatic rings. The first kappa shape index (κ1) is 18.7. The Kier molecular flexibility index (Phi) is 7.53. The summed E-state index contributed by atoms with van der Waals surface area (Å²) in [6.45, 7) is 0.337. The monoisotopic (exact) mass is 364 g/mol. The van der Waals surface area contributed by atoms with Gasteiger partial charge < -0.3 is 5.32 Å². The van der Waals surface area contributed by atoms with Gasteiger partial charge in [0.2, 0.25) is 0 Å². The van der Waals surface area contributed by atoms with Gasteiger partial charge in [-0.2, -0.15) is 4.76 Å². The summed E-state index contributed by atoms with van der Waals surface area (Å²) in [5, 5.41) is 3.38. The lowest BCUT2D eigenvalue weighted by Gasteiger charge is -2.15. The average molecular weight is 364 g/mol. The van der Waals surface area contributed by atoms with Crippen molar-refractivity contribution >= 4 is 24.7 Å². The lowest BCUT2D eigenvalue weighted by atomic mass is 10.2. The standard InChI is InChI=1S/C17H21N2O3PS/c1-18-17(24-2)19-23(20,21-13-15-9-5-3-6-10-15)22-14-16-11-7-4-8-12-16/h3-12H,13-14H2,1-2H3,(H,18,19,20). The van der Waals surface area contributed by atoms with Crippen LogP contribution < -0.4 is 5.32 Å². The van der Waals surface area contributed by atoms with Gasteiger partial charge in [0.05, 0.1) is 13.2 Å². The van der Waals surface area contributed by atoms with Crippen LogP contribution in [0.5, 0.6) is 0 Å². The highest BCUT2D eigenvalue weighted by Gasteiger charge is 2.25. The number of benzene rings is 2. The van der Waals surface area contributed by atoms with Crippen molar-refractivity contribution in [3.8, 4) is 0 Å². The van der Waals surface area contributed by atoms with Crippen molar-refractivity contribution in [2.75, 3.05) is 13.3 Å². The normalized spacial score (nSPS) is 12.2. The molecular weight excluding hydrogens is 343 g/mol. The molecule has 2 rings (SSSR count). The Morgan fingerprint density at radius 2 is 1.46 bits per heavy atom. The number of nitrogens with one attached hydrogen (secondary N) is 1. The maximum Gasteiger partial charge on any atom is 0.456 e. The maximum atomic E-state index is 13.0. The second-order valence-electron chi connectivity index (χ2n) is 4.85. The second kappa shape index (κ2) is 9.64. The van der Waals surface area contributed by atoms with E-state index in [-0.39, 0.29) is 13.2 Å². The summed E-state index contributed by atoms with van der Waals surface area (Å²) < 4.78 is 28.3. The highest BCUT2D eigenvalue weighted by Crippen LogP contribution is 2.51. The van der Waals surface area contributed by atoms with Gasteiger partial charge in [0.15, 0.2) is 5.17 Å². The van der Waals surface area contributed by atoms with Gasteiger partial charge in [0, 0.05) is 7.05 Å². The first-order chi connectivity index (χ1) is 11.6. The molecule has 24 heavy (non-hydrogen) atoms. The van der Waals surface area contributed by atoms with Gasteiger partial charge in [-0.3, -0.25) is 9.05 Å².